The molecule has 1 fully saturated rings. The van der Waals surface area contributed by atoms with Crippen molar-refractivity contribution in [2.24, 2.45) is 5.92 Å². The van der Waals surface area contributed by atoms with Crippen LogP contribution < -0.4 is 10.1 Å². The summed E-state index contributed by atoms with van der Waals surface area (Å²) in [4.78, 5) is 18.2. The average Bonchev–Trinajstić information content (AvgIpc) is 2.74. The number of aromatic nitrogens is 3. The molecule has 1 aliphatic rings. The van der Waals surface area contributed by atoms with Gasteiger partial charge in [0, 0.05) is 49.4 Å². The molecular weight excluding hydrogens is 385 g/mol. The van der Waals surface area contributed by atoms with Gasteiger partial charge in [0.05, 0.1) is 25.2 Å². The van der Waals surface area contributed by atoms with Crippen LogP contribution in [0.4, 0.5) is 14.9 Å². The van der Waals surface area contributed by atoms with Crippen LogP contribution in [0.5, 0.6) is 5.88 Å². The summed E-state index contributed by atoms with van der Waals surface area (Å²) in [6, 6.07) is 4.53. The molecular formula is C18H22FN5O3S. The molecule has 3 heterocycles. The van der Waals surface area contributed by atoms with E-state index < -0.39 is 22.1 Å². The van der Waals surface area contributed by atoms with Crippen LogP contribution in [0.25, 0.3) is 0 Å². The lowest BCUT2D eigenvalue weighted by molar-refractivity contribution is 0.117. The number of carbonyl (C=O) groups excluding carboxylic acids is 1. The lowest BCUT2D eigenvalue weighted by atomic mass is 9.92. The minimum Gasteiger partial charge on any atom is -0.609 e. The summed E-state index contributed by atoms with van der Waals surface area (Å²) in [5.74, 6) is -0.294. The normalized spacial score (nSPS) is 18.2. The van der Waals surface area contributed by atoms with E-state index in [1.807, 2.05) is 0 Å². The maximum Gasteiger partial charge on any atom is 0.321 e. The molecule has 150 valence electrons. The van der Waals surface area contributed by atoms with Gasteiger partial charge in [0.2, 0.25) is 4.90 Å². The number of anilines is 1. The van der Waals surface area contributed by atoms with Gasteiger partial charge in [-0.2, -0.15) is 14.6 Å². The first kappa shape index (κ1) is 20.3. The molecule has 0 aliphatic carbocycles. The number of amides is 2. The molecule has 0 radical (unpaired) electrons. The number of carbonyl (C=O) groups is 1. The van der Waals surface area contributed by atoms with Crippen LogP contribution in [0.1, 0.15) is 19.8 Å². The summed E-state index contributed by atoms with van der Waals surface area (Å²) in [6.45, 7) is 2.09. The minimum atomic E-state index is -1.96. The summed E-state index contributed by atoms with van der Waals surface area (Å²) in [5.41, 5.74) is 0.544. The Kier molecular flexibility index (Phi) is 6.30. The minimum absolute atomic E-state index is 0.160. The molecule has 2 aromatic heterocycles. The first-order valence-corrected chi connectivity index (χ1v) is 10.0. The fraction of sp³-hybridized carbons (Fsp3) is 0.444. The smallest absolute Gasteiger partial charge is 0.321 e. The van der Waals surface area contributed by atoms with Crippen molar-refractivity contribution in [2.45, 2.75) is 29.7 Å². The van der Waals surface area contributed by atoms with Gasteiger partial charge < -0.3 is 19.5 Å². The lowest BCUT2D eigenvalue weighted by Gasteiger charge is -2.38. The fourth-order valence-electron chi connectivity index (χ4n) is 3.20. The predicted octanol–water partition coefficient (Wildman–Crippen LogP) is 2.62. The van der Waals surface area contributed by atoms with Crippen molar-refractivity contribution in [1.82, 2.24) is 20.1 Å². The van der Waals surface area contributed by atoms with Crippen molar-refractivity contribution in [3.63, 3.8) is 0 Å². The zero-order chi connectivity index (χ0) is 20.1. The van der Waals surface area contributed by atoms with Crippen molar-refractivity contribution in [3.05, 3.63) is 36.8 Å². The van der Waals surface area contributed by atoms with Crippen molar-refractivity contribution in [3.8, 4) is 5.88 Å². The third-order valence-corrected chi connectivity index (χ3v) is 6.61. The first-order chi connectivity index (χ1) is 13.4. The zero-order valence-electron chi connectivity index (χ0n) is 15.7. The Hall–Kier alpha value is -2.46. The van der Waals surface area contributed by atoms with Gasteiger partial charge in [0.15, 0.2) is 0 Å². The van der Waals surface area contributed by atoms with Crippen LogP contribution in [0.2, 0.25) is 0 Å². The molecule has 0 bridgehead atoms. The van der Waals surface area contributed by atoms with E-state index in [0.29, 0.717) is 31.6 Å². The molecule has 2 atom stereocenters. The molecule has 2 unspecified atom stereocenters. The highest BCUT2D eigenvalue weighted by Gasteiger charge is 2.49. The van der Waals surface area contributed by atoms with Crippen molar-refractivity contribution >= 4 is 22.9 Å². The van der Waals surface area contributed by atoms with Gasteiger partial charge in [-0.25, -0.2) is 9.78 Å². The van der Waals surface area contributed by atoms with E-state index in [4.69, 9.17) is 4.74 Å². The Morgan fingerprint density at radius 1 is 1.36 bits per heavy atom. The molecule has 8 nitrogen and oxygen atoms in total. The Labute approximate surface area is 165 Å². The van der Waals surface area contributed by atoms with Gasteiger partial charge in [-0.3, -0.25) is 0 Å². The third kappa shape index (κ3) is 4.33. The number of nitrogens with one attached hydrogen (secondary N) is 1. The van der Waals surface area contributed by atoms with E-state index in [0.717, 1.165) is 0 Å². The van der Waals surface area contributed by atoms with Gasteiger partial charge >= 0.3 is 6.03 Å². The highest BCUT2D eigenvalue weighted by atomic mass is 32.2. The monoisotopic (exact) mass is 407 g/mol. The molecule has 0 spiro atoms. The second-order valence-corrected chi connectivity index (χ2v) is 8.36. The van der Waals surface area contributed by atoms with Crippen LogP contribution in [0.15, 0.2) is 41.7 Å². The van der Waals surface area contributed by atoms with E-state index in [-0.39, 0.29) is 16.8 Å². The summed E-state index contributed by atoms with van der Waals surface area (Å²) in [7, 11) is 1.41. The number of pyridine rings is 1. The quantitative estimate of drug-likeness (QED) is 0.764. The predicted molar refractivity (Wildman–Crippen MR) is 102 cm³/mol. The number of nitrogens with zero attached hydrogens (tertiary/aromatic N) is 4. The molecule has 2 amide bonds. The van der Waals surface area contributed by atoms with E-state index in [1.54, 1.807) is 23.1 Å². The molecule has 2 aromatic rings. The van der Waals surface area contributed by atoms with E-state index in [1.165, 1.54) is 32.6 Å². The Morgan fingerprint density at radius 3 is 2.75 bits per heavy atom. The number of methoxy groups -OCH3 is 1. The van der Waals surface area contributed by atoms with E-state index in [9.17, 15) is 9.35 Å². The van der Waals surface area contributed by atoms with Crippen molar-refractivity contribution in [1.29, 1.82) is 0 Å². The summed E-state index contributed by atoms with van der Waals surface area (Å²) in [6.07, 6.45) is 5.25. The van der Waals surface area contributed by atoms with Crippen LogP contribution >= 0.6 is 0 Å². The Morgan fingerprint density at radius 2 is 2.11 bits per heavy atom. The summed E-state index contributed by atoms with van der Waals surface area (Å²) >= 11 is -1.94. The molecule has 28 heavy (non-hydrogen) atoms. The number of ether oxygens (including phenoxy) is 1. The topological polar surface area (TPSA) is 103 Å². The number of piperidine rings is 1. The highest BCUT2D eigenvalue weighted by molar-refractivity contribution is 7.92. The standard InChI is InChI=1S/C18H22FN5O3S/c1-18(19,28(26)15-4-3-8-20-16(15)27-2)13-6-10-24(11-7-13)17(25)23-14-5-9-21-22-12-14/h3-5,8-9,12-13H,6-7,10-11H2,1-2H3,(H,21,23,25). The second-order valence-electron chi connectivity index (χ2n) is 6.59. The molecule has 1 saturated heterocycles. The lowest BCUT2D eigenvalue weighted by Crippen LogP contribution is -2.48. The largest absolute Gasteiger partial charge is 0.609 e. The zero-order valence-corrected chi connectivity index (χ0v) is 16.5. The van der Waals surface area contributed by atoms with Crippen molar-refractivity contribution in [2.75, 3.05) is 25.5 Å². The first-order valence-electron chi connectivity index (χ1n) is 8.86. The van der Waals surface area contributed by atoms with Crippen LogP contribution in [0.3, 0.4) is 0 Å². The van der Waals surface area contributed by atoms with Gasteiger partial charge in [-0.05, 0) is 25.0 Å². The van der Waals surface area contributed by atoms with Crippen LogP contribution in [0, 0.1) is 5.92 Å². The molecule has 1 aliphatic heterocycles. The maximum atomic E-state index is 15.5. The van der Waals surface area contributed by atoms with Crippen LogP contribution in [-0.4, -0.2) is 55.9 Å². The number of likely N-dealkylation sites (tertiary alicyclic amines) is 1. The SMILES string of the molecule is COc1ncccc1[S+]([O-])C(C)(F)C1CCN(C(=O)Nc2ccnnc2)CC1. The Balaban J connectivity index is 1.62. The number of rotatable bonds is 5. The molecule has 1 N–H and O–H groups in total. The number of urea groups is 1. The van der Waals surface area contributed by atoms with Crippen molar-refractivity contribution < 1.29 is 18.5 Å². The van der Waals surface area contributed by atoms with Gasteiger partial charge in [0.1, 0.15) is 0 Å². The van der Waals surface area contributed by atoms with Crippen LogP contribution in [-0.2, 0) is 11.2 Å². The van der Waals surface area contributed by atoms with Gasteiger partial charge in [-0.15, -0.1) is 0 Å². The molecule has 10 heteroatoms. The third-order valence-electron chi connectivity index (χ3n) is 4.84. The van der Waals surface area contributed by atoms with E-state index in [2.05, 4.69) is 20.5 Å². The average molecular weight is 407 g/mol. The Bertz CT molecular complexity index is 803. The number of halogens is 1. The van der Waals surface area contributed by atoms with Gasteiger partial charge in [0.25, 0.3) is 10.9 Å². The number of hydrogen-bond acceptors (Lipinski definition) is 6. The summed E-state index contributed by atoms with van der Waals surface area (Å²) in [5, 5.41) is 8.14. The molecule has 0 aromatic carbocycles. The maximum absolute atomic E-state index is 15.5. The molecule has 0 saturated carbocycles. The van der Waals surface area contributed by atoms with Gasteiger partial charge in [-0.1, -0.05) is 0 Å². The fourth-order valence-corrected chi connectivity index (χ4v) is 4.67. The highest BCUT2D eigenvalue weighted by Crippen LogP contribution is 2.41. The molecule has 3 rings (SSSR count). The van der Waals surface area contributed by atoms with E-state index >= 15 is 4.39 Å². The summed E-state index contributed by atoms with van der Waals surface area (Å²) < 4.78 is 33.6. The second kappa shape index (κ2) is 8.70. The number of alkyl halides is 1. The number of hydrogen-bond donors (Lipinski definition) is 1.